The average molecular weight is 437 g/mol. The fourth-order valence-electron chi connectivity index (χ4n) is 3.79. The minimum atomic E-state index is -0.133. The van der Waals surface area contributed by atoms with Crippen LogP contribution in [0.2, 0.25) is 0 Å². The lowest BCUT2D eigenvalue weighted by Gasteiger charge is -2.32. The van der Waals surface area contributed by atoms with Gasteiger partial charge in [0.15, 0.2) is 0 Å². The smallest absolute Gasteiger partial charge is 0.306 e. The fraction of sp³-hybridized carbons (Fsp3) is 0.500. The van der Waals surface area contributed by atoms with Crippen LogP contribution in [0.1, 0.15) is 86.5 Å². The Morgan fingerprint density at radius 2 is 1.81 bits per heavy atom. The molecule has 0 spiro atoms. The Balaban J connectivity index is 2.39. The maximum atomic E-state index is 11.8. The Morgan fingerprint density at radius 1 is 1.06 bits per heavy atom. The van der Waals surface area contributed by atoms with Crippen molar-refractivity contribution in [1.82, 2.24) is 0 Å². The van der Waals surface area contributed by atoms with E-state index in [1.165, 1.54) is 36.0 Å². The van der Waals surface area contributed by atoms with Crippen molar-refractivity contribution in [2.45, 2.75) is 86.5 Å². The molecule has 0 N–H and O–H groups in total. The van der Waals surface area contributed by atoms with Gasteiger partial charge in [0, 0.05) is 6.42 Å². The van der Waals surface area contributed by atoms with Crippen LogP contribution in [0.5, 0.6) is 0 Å². The Hall–Kier alpha value is -2.35. The zero-order valence-corrected chi connectivity index (χ0v) is 21.2. The van der Waals surface area contributed by atoms with Gasteiger partial charge in [-0.05, 0) is 76.4 Å². The normalized spacial score (nSPS) is 18.1. The molecule has 0 aromatic rings. The van der Waals surface area contributed by atoms with Crippen molar-refractivity contribution in [1.29, 1.82) is 0 Å². The summed E-state index contributed by atoms with van der Waals surface area (Å²) in [6.07, 6.45) is 28.0. The molecule has 1 aliphatic carbocycles. The number of hydrogen-bond acceptors (Lipinski definition) is 2. The molecule has 0 saturated heterocycles. The maximum absolute atomic E-state index is 11.8. The zero-order valence-electron chi connectivity index (χ0n) is 21.2. The van der Waals surface area contributed by atoms with Crippen molar-refractivity contribution in [2.75, 3.05) is 6.61 Å². The molecule has 0 amide bonds. The van der Waals surface area contributed by atoms with Crippen LogP contribution in [0.4, 0.5) is 0 Å². The number of rotatable bonds is 12. The van der Waals surface area contributed by atoms with E-state index in [2.05, 4.69) is 77.2 Å². The number of carbonyl (C=O) groups excluding carboxylic acids is 1. The third-order valence-corrected chi connectivity index (χ3v) is 5.79. The molecular formula is C30H44O2. The summed E-state index contributed by atoms with van der Waals surface area (Å²) in [7, 11) is 0. The van der Waals surface area contributed by atoms with E-state index in [4.69, 9.17) is 4.74 Å². The van der Waals surface area contributed by atoms with Gasteiger partial charge in [-0.15, -0.1) is 0 Å². The number of ether oxygens (including phenoxy) is 1. The summed E-state index contributed by atoms with van der Waals surface area (Å²) >= 11 is 0. The summed E-state index contributed by atoms with van der Waals surface area (Å²) in [6, 6.07) is 0. The van der Waals surface area contributed by atoms with Gasteiger partial charge in [0.1, 0.15) is 6.61 Å². The topological polar surface area (TPSA) is 26.3 Å². The molecule has 0 saturated carbocycles. The summed E-state index contributed by atoms with van der Waals surface area (Å²) in [5, 5.41) is 0. The highest BCUT2D eigenvalue weighted by Crippen LogP contribution is 2.40. The van der Waals surface area contributed by atoms with Crippen LogP contribution in [0.3, 0.4) is 0 Å². The lowest BCUT2D eigenvalue weighted by atomic mass is 9.72. The van der Waals surface area contributed by atoms with Crippen LogP contribution < -0.4 is 0 Å². The largest absolute Gasteiger partial charge is 0.461 e. The van der Waals surface area contributed by atoms with Gasteiger partial charge in [-0.2, -0.15) is 0 Å². The van der Waals surface area contributed by atoms with Crippen molar-refractivity contribution in [3.05, 3.63) is 83.1 Å². The second kappa shape index (κ2) is 15.5. The number of esters is 1. The van der Waals surface area contributed by atoms with E-state index in [9.17, 15) is 4.79 Å². The van der Waals surface area contributed by atoms with Crippen molar-refractivity contribution in [3.8, 4) is 0 Å². The number of unbranched alkanes of at least 4 members (excludes halogenated alkanes) is 1. The molecule has 0 aliphatic heterocycles. The first-order valence-corrected chi connectivity index (χ1v) is 12.1. The van der Waals surface area contributed by atoms with Gasteiger partial charge in [-0.25, -0.2) is 0 Å². The lowest BCUT2D eigenvalue weighted by molar-refractivity contribution is -0.142. The van der Waals surface area contributed by atoms with Gasteiger partial charge in [0.2, 0.25) is 0 Å². The van der Waals surface area contributed by atoms with Crippen molar-refractivity contribution in [2.24, 2.45) is 5.41 Å². The van der Waals surface area contributed by atoms with Crippen LogP contribution in [0.15, 0.2) is 83.1 Å². The first-order valence-electron chi connectivity index (χ1n) is 12.1. The molecule has 0 aromatic heterocycles. The SMILES string of the molecule is CC/C=C/C=C\CCCC(=O)OC/C=C(C)/C=C/C=C(C)/C=C/C1=C(C)CCCC1(C)C. The summed E-state index contributed by atoms with van der Waals surface area (Å²) < 4.78 is 5.30. The number of hydrogen-bond donors (Lipinski definition) is 0. The van der Waals surface area contributed by atoms with E-state index in [-0.39, 0.29) is 11.4 Å². The Kier molecular flexibility index (Phi) is 13.4. The Labute approximate surface area is 197 Å². The van der Waals surface area contributed by atoms with Gasteiger partial charge < -0.3 is 4.74 Å². The molecular weight excluding hydrogens is 392 g/mol. The van der Waals surface area contributed by atoms with Gasteiger partial charge in [-0.3, -0.25) is 4.79 Å². The first kappa shape index (κ1) is 27.7. The molecule has 0 radical (unpaired) electrons. The third kappa shape index (κ3) is 11.9. The van der Waals surface area contributed by atoms with Gasteiger partial charge in [0.25, 0.3) is 0 Å². The average Bonchev–Trinajstić information content (AvgIpc) is 2.72. The highest BCUT2D eigenvalue weighted by molar-refractivity contribution is 5.69. The predicted molar refractivity (Wildman–Crippen MR) is 140 cm³/mol. The molecule has 0 aromatic carbocycles. The first-order chi connectivity index (χ1) is 15.3. The van der Waals surface area contributed by atoms with Crippen molar-refractivity contribution < 1.29 is 9.53 Å². The van der Waals surface area contributed by atoms with Gasteiger partial charge in [0.05, 0.1) is 0 Å². The minimum Gasteiger partial charge on any atom is -0.461 e. The second-order valence-corrected chi connectivity index (χ2v) is 9.32. The van der Waals surface area contributed by atoms with Crippen LogP contribution in [0, 0.1) is 5.41 Å². The van der Waals surface area contributed by atoms with Gasteiger partial charge >= 0.3 is 5.97 Å². The maximum Gasteiger partial charge on any atom is 0.306 e. The van der Waals surface area contributed by atoms with Crippen molar-refractivity contribution >= 4 is 5.97 Å². The predicted octanol–water partition coefficient (Wildman–Crippen LogP) is 8.75. The molecule has 32 heavy (non-hydrogen) atoms. The molecule has 176 valence electrons. The molecule has 0 atom stereocenters. The summed E-state index contributed by atoms with van der Waals surface area (Å²) in [4.78, 5) is 11.8. The molecule has 2 nitrogen and oxygen atoms in total. The summed E-state index contributed by atoms with van der Waals surface area (Å²) in [5.74, 6) is -0.133. The molecule has 1 rings (SSSR count). The second-order valence-electron chi connectivity index (χ2n) is 9.32. The quantitative estimate of drug-likeness (QED) is 0.174. The number of carbonyl (C=O) groups is 1. The van der Waals surface area contributed by atoms with E-state index in [0.29, 0.717) is 13.0 Å². The highest BCUT2D eigenvalue weighted by Gasteiger charge is 2.26. The highest BCUT2D eigenvalue weighted by atomic mass is 16.5. The lowest BCUT2D eigenvalue weighted by Crippen LogP contribution is -2.19. The van der Waals surface area contributed by atoms with E-state index < -0.39 is 0 Å². The van der Waals surface area contributed by atoms with Crippen molar-refractivity contribution in [3.63, 3.8) is 0 Å². The fourth-order valence-corrected chi connectivity index (χ4v) is 3.79. The van der Waals surface area contributed by atoms with E-state index >= 15 is 0 Å². The Bertz CT molecular complexity index is 795. The molecule has 1 aliphatic rings. The monoisotopic (exact) mass is 436 g/mol. The zero-order chi connectivity index (χ0) is 23.8. The number of allylic oxidation sites excluding steroid dienone is 13. The van der Waals surface area contributed by atoms with E-state index in [0.717, 1.165) is 24.8 Å². The minimum absolute atomic E-state index is 0.133. The molecule has 0 unspecified atom stereocenters. The molecule has 0 bridgehead atoms. The summed E-state index contributed by atoms with van der Waals surface area (Å²) in [5.41, 5.74) is 5.59. The van der Waals surface area contributed by atoms with Gasteiger partial charge in [-0.1, -0.05) is 92.2 Å². The molecule has 0 heterocycles. The third-order valence-electron chi connectivity index (χ3n) is 5.79. The van der Waals surface area contributed by atoms with Crippen LogP contribution in [-0.4, -0.2) is 12.6 Å². The molecule has 0 fully saturated rings. The van der Waals surface area contributed by atoms with Crippen LogP contribution in [0.25, 0.3) is 0 Å². The van der Waals surface area contributed by atoms with E-state index in [1.807, 2.05) is 25.2 Å². The van der Waals surface area contributed by atoms with Crippen LogP contribution in [-0.2, 0) is 9.53 Å². The standard InChI is InChI=1S/C30H44O2/c1-7-8-9-10-11-12-13-19-29(31)32-24-22-26(3)17-14-16-25(2)20-21-28-27(4)18-15-23-30(28,5)6/h8-11,14,16-17,20-22H,7,12-13,15,18-19,23-24H2,1-6H3/b9-8+,11-10-,17-14+,21-20+,25-16+,26-22+. The molecule has 2 heteroatoms. The summed E-state index contributed by atoms with van der Waals surface area (Å²) in [6.45, 7) is 13.6. The van der Waals surface area contributed by atoms with Crippen LogP contribution >= 0.6 is 0 Å². The van der Waals surface area contributed by atoms with E-state index in [1.54, 1.807) is 0 Å². The Morgan fingerprint density at radius 3 is 2.53 bits per heavy atom.